The number of ketones is 1. The number of Topliss-reactive ketones (excluding diaryl/α,β-unsaturated/α-hetero) is 1. The minimum atomic E-state index is -0.543. The van der Waals surface area contributed by atoms with E-state index in [1.807, 2.05) is 24.0 Å². The van der Waals surface area contributed by atoms with Crippen LogP contribution in [0.4, 0.5) is 5.69 Å². The second-order valence-corrected chi connectivity index (χ2v) is 7.35. The van der Waals surface area contributed by atoms with Crippen molar-refractivity contribution in [1.82, 2.24) is 0 Å². The lowest BCUT2D eigenvalue weighted by Gasteiger charge is -2.46. The molecule has 1 spiro atoms. The van der Waals surface area contributed by atoms with Gasteiger partial charge in [-0.3, -0.25) is 9.69 Å². The first kappa shape index (κ1) is 17.0. The normalized spacial score (nSPS) is 19.9. The Labute approximate surface area is 150 Å². The Morgan fingerprint density at radius 2 is 1.92 bits per heavy atom. The number of hydrogen-bond acceptors (Lipinski definition) is 6. The van der Waals surface area contributed by atoms with Crippen LogP contribution in [0.5, 0.6) is 0 Å². The summed E-state index contributed by atoms with van der Waals surface area (Å²) in [6.45, 7) is 3.54. The average molecular weight is 392 g/mol. The van der Waals surface area contributed by atoms with Crippen LogP contribution in [0.1, 0.15) is 54.9 Å². The largest absolute Gasteiger partial charge is 0.369 e. The zero-order chi connectivity index (χ0) is 17.5. The van der Waals surface area contributed by atoms with Crippen LogP contribution in [0.2, 0.25) is 0 Å². The summed E-state index contributed by atoms with van der Waals surface area (Å²) in [6, 6.07) is 3.81. The van der Waals surface area contributed by atoms with Crippen LogP contribution in [-0.2, 0) is 0 Å². The minimum absolute atomic E-state index is 0.0213. The van der Waals surface area contributed by atoms with Gasteiger partial charge < -0.3 is 11.5 Å². The monoisotopic (exact) mass is 391 g/mol. The summed E-state index contributed by atoms with van der Waals surface area (Å²) >= 11 is 3.50. The Balaban J connectivity index is 2.21. The highest BCUT2D eigenvalue weighted by Crippen LogP contribution is 2.41. The number of aryl methyl sites for hydroxylation is 1. The Morgan fingerprint density at radius 3 is 2.54 bits per heavy atom. The van der Waals surface area contributed by atoms with E-state index in [-0.39, 0.29) is 11.7 Å². The van der Waals surface area contributed by atoms with Crippen LogP contribution in [-0.4, -0.2) is 23.4 Å². The van der Waals surface area contributed by atoms with Crippen LogP contribution >= 0.6 is 15.9 Å². The summed E-state index contributed by atoms with van der Waals surface area (Å²) in [5.41, 5.74) is 14.0. The van der Waals surface area contributed by atoms with Crippen LogP contribution in [0.3, 0.4) is 0 Å². The Hall–Kier alpha value is -1.89. The molecule has 1 aliphatic carbocycles. The van der Waals surface area contributed by atoms with Gasteiger partial charge in [0.1, 0.15) is 5.66 Å². The molecule has 4 N–H and O–H groups in total. The molecule has 0 aromatic heterocycles. The molecule has 1 saturated carbocycles. The van der Waals surface area contributed by atoms with Crippen molar-refractivity contribution in [2.75, 3.05) is 4.90 Å². The summed E-state index contributed by atoms with van der Waals surface area (Å²) in [5.74, 6) is 0.490. The van der Waals surface area contributed by atoms with E-state index in [4.69, 9.17) is 11.5 Å². The van der Waals surface area contributed by atoms with E-state index in [0.717, 1.165) is 41.4 Å². The third kappa shape index (κ3) is 2.81. The highest BCUT2D eigenvalue weighted by molar-refractivity contribution is 9.10. The van der Waals surface area contributed by atoms with Gasteiger partial charge in [0.2, 0.25) is 11.9 Å². The maximum absolute atomic E-state index is 12.2. The number of anilines is 1. The lowest BCUT2D eigenvalue weighted by Crippen LogP contribution is -2.58. The van der Waals surface area contributed by atoms with Gasteiger partial charge >= 0.3 is 0 Å². The third-order valence-corrected chi connectivity index (χ3v) is 5.60. The van der Waals surface area contributed by atoms with Gasteiger partial charge in [0, 0.05) is 10.0 Å². The number of guanidine groups is 2. The molecule has 0 saturated heterocycles. The van der Waals surface area contributed by atoms with Gasteiger partial charge in [0.05, 0.1) is 5.69 Å². The van der Waals surface area contributed by atoms with Crippen LogP contribution < -0.4 is 16.4 Å². The number of carbonyl (C=O) groups excluding carboxylic acids is 1. The van der Waals surface area contributed by atoms with E-state index in [1.165, 1.54) is 6.42 Å². The summed E-state index contributed by atoms with van der Waals surface area (Å²) in [7, 11) is 0. The fourth-order valence-electron chi connectivity index (χ4n) is 3.60. The van der Waals surface area contributed by atoms with E-state index < -0.39 is 5.66 Å². The number of hydrogen-bond donors (Lipinski definition) is 2. The standard InChI is InChI=1S/C17H22BrN5O/c1-10-8-14(12(11(2)24)9-13(10)18)23-16(20)21-15(19)22-17(23)6-4-3-5-7-17/h8-9H,3-7H2,1-2H3,(H4,19,20,21,22). The van der Waals surface area contributed by atoms with Gasteiger partial charge in [-0.25, -0.2) is 4.99 Å². The van der Waals surface area contributed by atoms with Gasteiger partial charge in [-0.2, -0.15) is 4.99 Å². The van der Waals surface area contributed by atoms with Crippen LogP contribution in [0, 0.1) is 6.92 Å². The van der Waals surface area contributed by atoms with E-state index in [1.54, 1.807) is 6.92 Å². The summed E-state index contributed by atoms with van der Waals surface area (Å²) in [6.07, 6.45) is 4.95. The molecular weight excluding hydrogens is 370 g/mol. The van der Waals surface area contributed by atoms with Crippen molar-refractivity contribution in [3.63, 3.8) is 0 Å². The van der Waals surface area contributed by atoms with E-state index in [0.29, 0.717) is 11.5 Å². The molecule has 128 valence electrons. The molecule has 24 heavy (non-hydrogen) atoms. The summed E-state index contributed by atoms with van der Waals surface area (Å²) < 4.78 is 0.893. The maximum atomic E-state index is 12.2. The topological polar surface area (TPSA) is 97.1 Å². The first-order valence-electron chi connectivity index (χ1n) is 8.15. The number of nitrogens with two attached hydrogens (primary N) is 2. The highest BCUT2D eigenvalue weighted by Gasteiger charge is 2.43. The number of nitrogens with zero attached hydrogens (tertiary/aromatic N) is 3. The molecule has 1 aromatic carbocycles. The van der Waals surface area contributed by atoms with Crippen molar-refractivity contribution in [2.24, 2.45) is 21.5 Å². The van der Waals surface area contributed by atoms with Crippen LogP contribution in [0.25, 0.3) is 0 Å². The molecular formula is C17H22BrN5O. The molecule has 3 rings (SSSR count). The van der Waals surface area contributed by atoms with Crippen molar-refractivity contribution >= 4 is 39.3 Å². The number of rotatable bonds is 2. The number of carbonyl (C=O) groups is 1. The van der Waals surface area contributed by atoms with Crippen molar-refractivity contribution in [1.29, 1.82) is 0 Å². The number of halogens is 1. The predicted molar refractivity (Wildman–Crippen MR) is 100 cm³/mol. The molecule has 0 atom stereocenters. The van der Waals surface area contributed by atoms with Crippen molar-refractivity contribution in [3.05, 3.63) is 27.7 Å². The molecule has 0 unspecified atom stereocenters. The van der Waals surface area contributed by atoms with Crippen LogP contribution in [0.15, 0.2) is 26.6 Å². The first-order valence-corrected chi connectivity index (χ1v) is 8.94. The lowest BCUT2D eigenvalue weighted by molar-refractivity contribution is 0.101. The fourth-order valence-corrected chi connectivity index (χ4v) is 3.95. The van der Waals surface area contributed by atoms with Gasteiger partial charge in [0.25, 0.3) is 0 Å². The second-order valence-electron chi connectivity index (χ2n) is 6.49. The van der Waals surface area contributed by atoms with Gasteiger partial charge in [0.15, 0.2) is 5.78 Å². The number of aliphatic imine (C=N–C) groups is 2. The third-order valence-electron chi connectivity index (χ3n) is 4.75. The summed E-state index contributed by atoms with van der Waals surface area (Å²) in [5, 5.41) is 0. The summed E-state index contributed by atoms with van der Waals surface area (Å²) in [4.78, 5) is 23.0. The van der Waals surface area contributed by atoms with Crippen molar-refractivity contribution in [2.45, 2.75) is 51.6 Å². The second kappa shape index (κ2) is 6.20. The molecule has 1 aliphatic heterocycles. The van der Waals surface area contributed by atoms with E-state index in [2.05, 4.69) is 25.9 Å². The Morgan fingerprint density at radius 1 is 1.25 bits per heavy atom. The Kier molecular flexibility index (Phi) is 4.38. The molecule has 6 nitrogen and oxygen atoms in total. The SMILES string of the molecule is CC(=O)c1cc(Br)c(C)cc1N1C(N)=NC(N)=NC12CCCCC2. The minimum Gasteiger partial charge on any atom is -0.369 e. The molecule has 2 aliphatic rings. The Bertz CT molecular complexity index is 750. The molecule has 0 amide bonds. The maximum Gasteiger partial charge on any atom is 0.220 e. The molecule has 0 radical (unpaired) electrons. The zero-order valence-corrected chi connectivity index (χ0v) is 15.6. The zero-order valence-electron chi connectivity index (χ0n) is 14.0. The average Bonchev–Trinajstić information content (AvgIpc) is 2.50. The molecule has 1 fully saturated rings. The van der Waals surface area contributed by atoms with Crippen molar-refractivity contribution in [3.8, 4) is 0 Å². The van der Waals surface area contributed by atoms with Gasteiger partial charge in [-0.15, -0.1) is 0 Å². The lowest BCUT2D eigenvalue weighted by atomic mass is 9.86. The first-order chi connectivity index (χ1) is 11.3. The van der Waals surface area contributed by atoms with Gasteiger partial charge in [-0.05, 0) is 57.2 Å². The predicted octanol–water partition coefficient (Wildman–Crippen LogP) is 3.07. The quantitative estimate of drug-likeness (QED) is 0.756. The van der Waals surface area contributed by atoms with E-state index >= 15 is 0 Å². The van der Waals surface area contributed by atoms with Gasteiger partial charge in [-0.1, -0.05) is 22.4 Å². The molecule has 7 heteroatoms. The smallest absolute Gasteiger partial charge is 0.220 e. The molecule has 1 heterocycles. The highest BCUT2D eigenvalue weighted by atomic mass is 79.9. The number of benzene rings is 1. The molecule has 0 bridgehead atoms. The van der Waals surface area contributed by atoms with E-state index in [9.17, 15) is 4.79 Å². The van der Waals surface area contributed by atoms with Crippen molar-refractivity contribution < 1.29 is 4.79 Å². The fraction of sp³-hybridized carbons (Fsp3) is 0.471. The molecule has 1 aromatic rings.